The van der Waals surface area contributed by atoms with Crippen molar-refractivity contribution >= 4 is 40.6 Å². The molecule has 1 N–H and O–H groups in total. The van der Waals surface area contributed by atoms with Gasteiger partial charge in [-0.15, -0.1) is 0 Å². The molecule has 186 valence electrons. The number of carboxylic acid groups (broad SMARTS) is 1. The molecule has 2 heterocycles. The highest BCUT2D eigenvalue weighted by molar-refractivity contribution is 8.18. The summed E-state index contributed by atoms with van der Waals surface area (Å²) in [4.78, 5) is 31.1. The molecule has 36 heavy (non-hydrogen) atoms. The highest BCUT2D eigenvalue weighted by Crippen LogP contribution is 2.36. The second-order valence-electron chi connectivity index (χ2n) is 7.80. The van der Waals surface area contributed by atoms with Gasteiger partial charge < -0.3 is 19.0 Å². The third kappa shape index (κ3) is 5.98. The van der Waals surface area contributed by atoms with Gasteiger partial charge in [0.1, 0.15) is 12.4 Å². The fraction of sp³-hybridized carbons (Fsp3) is 0.222. The summed E-state index contributed by atoms with van der Waals surface area (Å²) in [5, 5.41) is 9.66. The van der Waals surface area contributed by atoms with Gasteiger partial charge in [-0.3, -0.25) is 9.69 Å². The summed E-state index contributed by atoms with van der Waals surface area (Å²) in [5.74, 6) is 0.0127. The maximum absolute atomic E-state index is 13.1. The van der Waals surface area contributed by atoms with Gasteiger partial charge in [-0.2, -0.15) is 0 Å². The number of hydrogen-bond donors (Lipinski definition) is 1. The number of thioether (sulfide) groups is 1. The van der Waals surface area contributed by atoms with Gasteiger partial charge in [0.2, 0.25) is 5.76 Å². The number of benzene rings is 2. The molecular formula is C27H26N2O6S. The normalized spacial score (nSPS) is 15.6. The van der Waals surface area contributed by atoms with Gasteiger partial charge in [0.05, 0.1) is 17.2 Å². The summed E-state index contributed by atoms with van der Waals surface area (Å²) in [6, 6.07) is 17.9. The summed E-state index contributed by atoms with van der Waals surface area (Å²) in [5.41, 5.74) is 1.58. The van der Waals surface area contributed by atoms with Crippen LogP contribution in [0.25, 0.3) is 6.08 Å². The van der Waals surface area contributed by atoms with Gasteiger partial charge in [0, 0.05) is 6.54 Å². The Bertz CT molecular complexity index is 1300. The molecular weight excluding hydrogens is 480 g/mol. The lowest BCUT2D eigenvalue weighted by atomic mass is 10.2. The van der Waals surface area contributed by atoms with Crippen LogP contribution in [-0.2, 0) is 11.4 Å². The quantitative estimate of drug-likeness (QED) is 0.338. The first kappa shape index (κ1) is 25.1. The maximum atomic E-state index is 13.1. The Hall–Kier alpha value is -3.98. The van der Waals surface area contributed by atoms with Gasteiger partial charge in [-0.25, -0.2) is 9.79 Å². The van der Waals surface area contributed by atoms with Crippen LogP contribution in [0.4, 0.5) is 5.69 Å². The Labute approximate surface area is 213 Å². The average molecular weight is 507 g/mol. The van der Waals surface area contributed by atoms with Crippen molar-refractivity contribution in [1.29, 1.82) is 0 Å². The van der Waals surface area contributed by atoms with Crippen LogP contribution in [-0.4, -0.2) is 40.2 Å². The Balaban J connectivity index is 1.55. The van der Waals surface area contributed by atoms with Gasteiger partial charge >= 0.3 is 5.97 Å². The first-order chi connectivity index (χ1) is 17.5. The minimum atomic E-state index is -1.14. The van der Waals surface area contributed by atoms with Crippen molar-refractivity contribution in [3.8, 4) is 11.5 Å². The number of para-hydroxylation sites is 1. The summed E-state index contributed by atoms with van der Waals surface area (Å²) in [7, 11) is 0. The lowest BCUT2D eigenvalue weighted by Crippen LogP contribution is -2.29. The topological polar surface area (TPSA) is 102 Å². The van der Waals surface area contributed by atoms with Crippen LogP contribution in [0.3, 0.4) is 0 Å². The molecule has 1 amide bonds. The highest BCUT2D eigenvalue weighted by Gasteiger charge is 2.32. The standard InChI is InChI=1S/C27H26N2O6S/c1-3-14-29-25(30)24(36-27(29)28-19-8-6-5-7-9-19)16-18-10-12-21(23(15-18)33-4-2)34-17-20-11-13-22(35-20)26(31)32/h5-13,15-16H,3-4,14,17H2,1-2H3,(H,31,32). The largest absolute Gasteiger partial charge is 0.490 e. The predicted octanol–water partition coefficient (Wildman–Crippen LogP) is 5.97. The Morgan fingerprint density at radius 2 is 1.89 bits per heavy atom. The summed E-state index contributed by atoms with van der Waals surface area (Å²) >= 11 is 1.35. The number of rotatable bonds is 10. The molecule has 0 spiro atoms. The molecule has 2 aromatic carbocycles. The van der Waals surface area contributed by atoms with Crippen molar-refractivity contribution in [2.75, 3.05) is 13.2 Å². The van der Waals surface area contributed by atoms with Crippen molar-refractivity contribution in [1.82, 2.24) is 4.90 Å². The van der Waals surface area contributed by atoms with E-state index in [0.717, 1.165) is 17.7 Å². The summed E-state index contributed by atoms with van der Waals surface area (Å²) in [6.45, 7) is 4.95. The molecule has 9 heteroatoms. The lowest BCUT2D eigenvalue weighted by molar-refractivity contribution is -0.122. The van der Waals surface area contributed by atoms with Crippen molar-refractivity contribution in [2.45, 2.75) is 26.9 Å². The molecule has 3 aromatic rings. The number of carbonyl (C=O) groups excluding carboxylic acids is 1. The van der Waals surface area contributed by atoms with Crippen molar-refractivity contribution < 1.29 is 28.6 Å². The Morgan fingerprint density at radius 1 is 1.08 bits per heavy atom. The molecule has 1 fully saturated rings. The minimum absolute atomic E-state index is 0.0490. The van der Waals surface area contributed by atoms with E-state index >= 15 is 0 Å². The average Bonchev–Trinajstić information content (AvgIpc) is 3.46. The molecule has 4 rings (SSSR count). The molecule has 0 bridgehead atoms. The van der Waals surface area contributed by atoms with E-state index in [2.05, 4.69) is 4.99 Å². The summed E-state index contributed by atoms with van der Waals surface area (Å²) in [6.07, 6.45) is 2.64. The third-order valence-electron chi connectivity index (χ3n) is 5.12. The van der Waals surface area contributed by atoms with Crippen LogP contribution in [0.5, 0.6) is 11.5 Å². The van der Waals surface area contributed by atoms with E-state index in [1.54, 1.807) is 23.1 Å². The minimum Gasteiger partial charge on any atom is -0.490 e. The van der Waals surface area contributed by atoms with Crippen molar-refractivity contribution in [2.24, 2.45) is 4.99 Å². The maximum Gasteiger partial charge on any atom is 0.371 e. The molecule has 0 unspecified atom stereocenters. The van der Waals surface area contributed by atoms with Crippen LogP contribution in [0.2, 0.25) is 0 Å². The number of hydrogen-bond acceptors (Lipinski definition) is 7. The SMILES string of the molecule is CCCN1C(=O)C(=Cc2ccc(OCc3ccc(C(=O)O)o3)c(OCC)c2)SC1=Nc1ccccc1. The van der Waals surface area contributed by atoms with E-state index in [1.165, 1.54) is 17.8 Å². The fourth-order valence-corrected chi connectivity index (χ4v) is 4.52. The number of carbonyl (C=O) groups is 2. The number of amides is 1. The van der Waals surface area contributed by atoms with Gasteiger partial charge in [-0.1, -0.05) is 31.2 Å². The number of furan rings is 1. The first-order valence-electron chi connectivity index (χ1n) is 11.5. The molecule has 0 aliphatic carbocycles. The summed E-state index contributed by atoms with van der Waals surface area (Å²) < 4.78 is 16.8. The Kier molecular flexibility index (Phi) is 8.12. The van der Waals surface area contributed by atoms with Crippen LogP contribution < -0.4 is 9.47 Å². The van der Waals surface area contributed by atoms with Crippen molar-refractivity contribution in [3.63, 3.8) is 0 Å². The molecule has 0 atom stereocenters. The third-order valence-corrected chi connectivity index (χ3v) is 6.13. The van der Waals surface area contributed by atoms with Crippen molar-refractivity contribution in [3.05, 3.63) is 82.7 Å². The van der Waals surface area contributed by atoms with Gasteiger partial charge in [-0.05, 0) is 73.1 Å². The zero-order valence-corrected chi connectivity index (χ0v) is 20.8. The van der Waals surface area contributed by atoms with E-state index in [9.17, 15) is 9.59 Å². The number of aromatic carboxylic acids is 1. The van der Waals surface area contributed by atoms with E-state index in [-0.39, 0.29) is 18.3 Å². The van der Waals surface area contributed by atoms with E-state index < -0.39 is 5.97 Å². The second-order valence-corrected chi connectivity index (χ2v) is 8.81. The van der Waals surface area contributed by atoms with Crippen LogP contribution >= 0.6 is 11.8 Å². The number of aliphatic imine (C=N–C) groups is 1. The first-order valence-corrected chi connectivity index (χ1v) is 12.4. The molecule has 0 radical (unpaired) electrons. The molecule has 8 nitrogen and oxygen atoms in total. The molecule has 1 aromatic heterocycles. The second kappa shape index (κ2) is 11.6. The number of nitrogens with zero attached hydrogens (tertiary/aromatic N) is 2. The molecule has 1 aliphatic heterocycles. The zero-order valence-electron chi connectivity index (χ0n) is 20.0. The van der Waals surface area contributed by atoms with Crippen LogP contribution in [0, 0.1) is 0 Å². The Morgan fingerprint density at radius 3 is 2.58 bits per heavy atom. The van der Waals surface area contributed by atoms with E-state index in [0.29, 0.717) is 40.5 Å². The number of amidine groups is 1. The smallest absolute Gasteiger partial charge is 0.371 e. The van der Waals surface area contributed by atoms with Gasteiger partial charge in [0.15, 0.2) is 16.7 Å². The van der Waals surface area contributed by atoms with Gasteiger partial charge in [0.25, 0.3) is 5.91 Å². The van der Waals surface area contributed by atoms with Crippen LogP contribution in [0.1, 0.15) is 42.1 Å². The van der Waals surface area contributed by atoms with E-state index in [4.69, 9.17) is 19.0 Å². The highest BCUT2D eigenvalue weighted by atomic mass is 32.2. The molecule has 0 saturated carbocycles. The number of carboxylic acids is 1. The predicted molar refractivity (Wildman–Crippen MR) is 139 cm³/mol. The zero-order chi connectivity index (χ0) is 25.5. The fourth-order valence-electron chi connectivity index (χ4n) is 3.50. The lowest BCUT2D eigenvalue weighted by Gasteiger charge is -2.14. The monoisotopic (exact) mass is 506 g/mol. The van der Waals surface area contributed by atoms with E-state index in [1.807, 2.05) is 56.3 Å². The number of ether oxygens (including phenoxy) is 2. The van der Waals surface area contributed by atoms with Crippen LogP contribution in [0.15, 0.2) is 75.0 Å². The molecule has 1 aliphatic rings. The molecule has 1 saturated heterocycles.